The predicted molar refractivity (Wildman–Crippen MR) is 139 cm³/mol. The maximum atomic E-state index is 13.3. The third-order valence-electron chi connectivity index (χ3n) is 6.10. The molecule has 0 bridgehead atoms. The molecule has 2 N–H and O–H groups in total. The molecule has 2 aliphatic heterocycles. The standard InChI is InChI=1S/C24H24N4O3.C4H10.K/c1-14(29)22-17-7-5-4-6-16(17)12-28(22)23(31)18-10-15(8-9-20(18)30)19(25)11-21-26-13-24(2,3)27-21;1-3-4-2;/h4-7,9-10,22,30H,11-13H2,1-3H3,(H,26,27);3-4H2,1-2H3;/q-2;;+1. The molecule has 36 heavy (non-hydrogen) atoms. The van der Waals surface area contributed by atoms with Crippen LogP contribution in [-0.4, -0.2) is 45.3 Å². The number of hydrogen-bond acceptors (Lipinski definition) is 5. The molecule has 0 saturated carbocycles. The number of ketones is 1. The van der Waals surface area contributed by atoms with Gasteiger partial charge in [0, 0.05) is 12.3 Å². The number of aromatic hydroxyl groups is 1. The van der Waals surface area contributed by atoms with Crippen molar-refractivity contribution >= 4 is 23.2 Å². The molecule has 0 aromatic heterocycles. The molecule has 0 radical (unpaired) electrons. The Kier molecular flexibility index (Phi) is 11.1. The summed E-state index contributed by atoms with van der Waals surface area (Å²) in [5.74, 6) is -0.224. The second-order valence-electron chi connectivity index (χ2n) is 9.69. The largest absolute Gasteiger partial charge is 1.00 e. The quantitative estimate of drug-likeness (QED) is 0.349. The fraction of sp³-hybridized carbons (Fsp3) is 0.429. The van der Waals surface area contributed by atoms with Crippen molar-refractivity contribution in [1.82, 2.24) is 10.2 Å². The number of amides is 1. The van der Waals surface area contributed by atoms with E-state index in [9.17, 15) is 20.1 Å². The fourth-order valence-electron chi connectivity index (χ4n) is 4.11. The van der Waals surface area contributed by atoms with Gasteiger partial charge in [-0.3, -0.25) is 20.3 Å². The van der Waals surface area contributed by atoms with Crippen LogP contribution in [0, 0.1) is 6.07 Å². The van der Waals surface area contributed by atoms with Crippen LogP contribution < -0.4 is 56.7 Å². The zero-order chi connectivity index (χ0) is 25.8. The van der Waals surface area contributed by atoms with E-state index < -0.39 is 11.9 Å². The number of unbranched alkanes of at least 4 members (excludes halogenated alkanes) is 1. The molecule has 186 valence electrons. The summed E-state index contributed by atoms with van der Waals surface area (Å²) in [4.78, 5) is 31.5. The van der Waals surface area contributed by atoms with Gasteiger partial charge >= 0.3 is 51.4 Å². The first-order chi connectivity index (χ1) is 16.6. The molecular weight excluding hydrogens is 479 g/mol. The van der Waals surface area contributed by atoms with Crippen molar-refractivity contribution < 1.29 is 66.1 Å². The van der Waals surface area contributed by atoms with Crippen LogP contribution in [0.1, 0.15) is 87.0 Å². The predicted octanol–water partition coefficient (Wildman–Crippen LogP) is 1.82. The Balaban J connectivity index is 0.000000850. The Bertz CT molecular complexity index is 1160. The normalized spacial score (nSPS) is 17.1. The smallest absolute Gasteiger partial charge is 0.859 e. The number of benzene rings is 2. The molecule has 1 unspecified atom stereocenters. The van der Waals surface area contributed by atoms with Gasteiger partial charge in [0.05, 0.1) is 17.9 Å². The van der Waals surface area contributed by atoms with Crippen LogP contribution in [-0.2, 0) is 11.3 Å². The molecule has 4 rings (SSSR count). The number of nitrogens with one attached hydrogen (secondary N) is 1. The van der Waals surface area contributed by atoms with Gasteiger partial charge in [0.25, 0.3) is 0 Å². The van der Waals surface area contributed by atoms with Gasteiger partial charge in [-0.2, -0.15) is 5.56 Å². The number of amidine groups is 1. The van der Waals surface area contributed by atoms with Crippen molar-refractivity contribution in [2.24, 2.45) is 4.99 Å². The van der Waals surface area contributed by atoms with Gasteiger partial charge in [-0.25, -0.2) is 0 Å². The van der Waals surface area contributed by atoms with Gasteiger partial charge in [0.2, 0.25) is 5.91 Å². The summed E-state index contributed by atoms with van der Waals surface area (Å²) in [5.41, 5.74) is 1.84. The summed E-state index contributed by atoms with van der Waals surface area (Å²) in [5, 5.41) is 24.2. The minimum absolute atomic E-state index is 0. The van der Waals surface area contributed by atoms with Gasteiger partial charge in [0.1, 0.15) is 6.04 Å². The SMILES string of the molecule is CC(=O)C1c2ccccc2CN1C(=O)c1cc(C(=[N-])CC2=NCC(C)(C)N2)[c-]cc1O.CCCC.[K+]. The molecule has 2 aromatic rings. The number of rotatable bonds is 6. The van der Waals surface area contributed by atoms with Gasteiger partial charge in [-0.15, -0.1) is 18.2 Å². The van der Waals surface area contributed by atoms with Crippen LogP contribution in [0.4, 0.5) is 0 Å². The van der Waals surface area contributed by atoms with Crippen molar-refractivity contribution in [2.75, 3.05) is 6.54 Å². The van der Waals surface area contributed by atoms with Gasteiger partial charge < -0.3 is 20.7 Å². The van der Waals surface area contributed by atoms with E-state index in [0.717, 1.165) is 11.1 Å². The Labute approximate surface area is 256 Å². The van der Waals surface area contributed by atoms with E-state index in [4.69, 9.17) is 0 Å². The third kappa shape index (κ3) is 7.13. The first-order valence-corrected chi connectivity index (χ1v) is 12.1. The Morgan fingerprint density at radius 1 is 1.25 bits per heavy atom. The molecule has 7 nitrogen and oxygen atoms in total. The zero-order valence-corrected chi connectivity index (χ0v) is 25.3. The van der Waals surface area contributed by atoms with Crippen molar-refractivity contribution in [3.63, 3.8) is 0 Å². The Morgan fingerprint density at radius 3 is 2.50 bits per heavy atom. The third-order valence-corrected chi connectivity index (χ3v) is 6.10. The molecule has 1 atom stereocenters. The van der Waals surface area contributed by atoms with Crippen LogP contribution in [0.25, 0.3) is 5.41 Å². The summed E-state index contributed by atoms with van der Waals surface area (Å²) in [6.07, 6.45) is 2.81. The van der Waals surface area contributed by atoms with Gasteiger partial charge in [-0.1, -0.05) is 51.0 Å². The molecule has 0 aliphatic carbocycles. The molecule has 8 heteroatoms. The maximum Gasteiger partial charge on any atom is 1.00 e. The first-order valence-electron chi connectivity index (χ1n) is 12.1. The second kappa shape index (κ2) is 13.1. The van der Waals surface area contributed by atoms with Crippen LogP contribution in [0.3, 0.4) is 0 Å². The number of carbonyl (C=O) groups is 2. The topological polar surface area (TPSA) is 104 Å². The van der Waals surface area contributed by atoms with Crippen molar-refractivity contribution in [3.05, 3.63) is 70.1 Å². The molecule has 1 amide bonds. The van der Waals surface area contributed by atoms with Crippen molar-refractivity contribution in [2.45, 2.75) is 72.0 Å². The molecule has 2 aliphatic rings. The number of fused-ring (bicyclic) bond motifs is 1. The van der Waals surface area contributed by atoms with E-state index in [-0.39, 0.29) is 92.7 Å². The first kappa shape index (κ1) is 30.4. The number of phenols is 1. The number of nitrogens with zero attached hydrogens (tertiary/aromatic N) is 3. The van der Waals surface area contributed by atoms with Crippen LogP contribution in [0.2, 0.25) is 0 Å². The number of aliphatic imine (C=N–C) groups is 1. The molecule has 2 aromatic carbocycles. The molecule has 0 spiro atoms. The Hall–Kier alpha value is -1.84. The summed E-state index contributed by atoms with van der Waals surface area (Å²) in [7, 11) is 0. The second-order valence-corrected chi connectivity index (χ2v) is 9.69. The van der Waals surface area contributed by atoms with Crippen LogP contribution in [0.5, 0.6) is 5.75 Å². The van der Waals surface area contributed by atoms with E-state index in [1.54, 1.807) is 0 Å². The number of Topliss-reactive ketones (excluding diaryl/α,β-unsaturated/α-hetero) is 1. The number of phenolic OH excluding ortho intramolecular Hbond substituents is 1. The van der Waals surface area contributed by atoms with Gasteiger partial charge in [0.15, 0.2) is 5.78 Å². The van der Waals surface area contributed by atoms with Crippen molar-refractivity contribution in [1.29, 1.82) is 0 Å². The summed E-state index contributed by atoms with van der Waals surface area (Å²) in [6, 6.07) is 12.2. The molecule has 0 saturated heterocycles. The van der Waals surface area contributed by atoms with E-state index in [1.807, 2.05) is 38.1 Å². The van der Waals surface area contributed by atoms with E-state index >= 15 is 0 Å². The number of carbonyl (C=O) groups excluding carboxylic acids is 2. The summed E-state index contributed by atoms with van der Waals surface area (Å²) < 4.78 is 0. The molecule has 0 fully saturated rings. The number of hydrogen-bond donors (Lipinski definition) is 2. The van der Waals surface area contributed by atoms with Gasteiger partial charge in [-0.05, 0) is 43.9 Å². The molecular formula is C28H34KN4O3-. The van der Waals surface area contributed by atoms with Crippen molar-refractivity contribution in [3.8, 4) is 5.75 Å². The summed E-state index contributed by atoms with van der Waals surface area (Å²) in [6.45, 7) is 10.7. The zero-order valence-electron chi connectivity index (χ0n) is 22.2. The summed E-state index contributed by atoms with van der Waals surface area (Å²) >= 11 is 0. The van der Waals surface area contributed by atoms with Crippen LogP contribution >= 0.6 is 0 Å². The minimum atomic E-state index is -0.701. The average molecular weight is 514 g/mol. The fourth-order valence-corrected chi connectivity index (χ4v) is 4.11. The van der Waals surface area contributed by atoms with Crippen LogP contribution in [0.15, 0.2) is 41.4 Å². The minimum Gasteiger partial charge on any atom is -0.859 e. The monoisotopic (exact) mass is 513 g/mol. The van der Waals surface area contributed by atoms with E-state index in [0.29, 0.717) is 17.9 Å². The Morgan fingerprint density at radius 2 is 1.92 bits per heavy atom. The molecule has 2 heterocycles. The van der Waals surface area contributed by atoms with E-state index in [1.165, 1.54) is 36.8 Å². The van der Waals surface area contributed by atoms with E-state index in [2.05, 4.69) is 30.2 Å². The average Bonchev–Trinajstić information content (AvgIpc) is 3.38. The maximum absolute atomic E-state index is 13.3.